The Balaban J connectivity index is 1.49. The van der Waals surface area contributed by atoms with E-state index in [9.17, 15) is 4.79 Å². The summed E-state index contributed by atoms with van der Waals surface area (Å²) in [6, 6.07) is 14.7. The Hall–Kier alpha value is -3.44. The van der Waals surface area contributed by atoms with Crippen molar-refractivity contribution in [1.82, 2.24) is 0 Å². The van der Waals surface area contributed by atoms with E-state index in [4.69, 9.17) is 30.5 Å². The highest BCUT2D eigenvalue weighted by Gasteiger charge is 2.15. The molecule has 3 aromatic rings. The van der Waals surface area contributed by atoms with Gasteiger partial charge in [-0.3, -0.25) is 4.79 Å². The number of ketones is 1. The Kier molecular flexibility index (Phi) is 6.37. The van der Waals surface area contributed by atoms with Crippen LogP contribution in [0, 0.1) is 13.8 Å². The third kappa shape index (κ3) is 4.73. The van der Waals surface area contributed by atoms with Crippen LogP contribution in [0.5, 0.6) is 23.0 Å². The molecule has 0 bridgehead atoms. The second-order valence-corrected chi connectivity index (χ2v) is 7.87. The third-order valence-corrected chi connectivity index (χ3v) is 5.79. The van der Waals surface area contributed by atoms with Crippen molar-refractivity contribution in [2.24, 2.45) is 0 Å². The molecule has 0 saturated carbocycles. The third-order valence-electron chi connectivity index (χ3n) is 5.19. The van der Waals surface area contributed by atoms with E-state index < -0.39 is 0 Å². The van der Waals surface area contributed by atoms with Crippen molar-refractivity contribution in [3.05, 3.63) is 87.4 Å². The first-order valence-electron chi connectivity index (χ1n) is 10.1. The minimum absolute atomic E-state index is 0.121. The van der Waals surface area contributed by atoms with Gasteiger partial charge in [-0.25, -0.2) is 0 Å². The molecule has 32 heavy (non-hydrogen) atoms. The number of carbonyl (C=O) groups excluding carboxylic acids is 1. The number of rotatable bonds is 7. The van der Waals surface area contributed by atoms with Crippen LogP contribution in [-0.2, 0) is 6.61 Å². The molecule has 5 nitrogen and oxygen atoms in total. The summed E-state index contributed by atoms with van der Waals surface area (Å²) in [7, 11) is 1.62. The summed E-state index contributed by atoms with van der Waals surface area (Å²) in [5.74, 6) is 2.57. The number of fused-ring (bicyclic) bond motifs is 1. The summed E-state index contributed by atoms with van der Waals surface area (Å²) in [5, 5.41) is 0.745. The summed E-state index contributed by atoms with van der Waals surface area (Å²) in [5.41, 5.74) is 4.20. The molecule has 0 amide bonds. The first-order chi connectivity index (χ1) is 15.4. The first kappa shape index (κ1) is 21.8. The van der Waals surface area contributed by atoms with Crippen LogP contribution in [0.25, 0.3) is 6.08 Å². The van der Waals surface area contributed by atoms with Gasteiger partial charge in [0.15, 0.2) is 17.3 Å². The van der Waals surface area contributed by atoms with Crippen LogP contribution in [0.3, 0.4) is 0 Å². The Morgan fingerprint density at radius 2 is 1.78 bits per heavy atom. The van der Waals surface area contributed by atoms with Crippen molar-refractivity contribution in [2.45, 2.75) is 20.5 Å². The molecular formula is C26H23ClO5. The number of ether oxygens (including phenoxy) is 4. The van der Waals surface area contributed by atoms with Crippen LogP contribution in [0.15, 0.2) is 54.6 Å². The molecule has 1 aliphatic heterocycles. The van der Waals surface area contributed by atoms with Crippen LogP contribution in [0.1, 0.15) is 32.6 Å². The molecule has 0 aromatic heterocycles. The molecule has 0 fully saturated rings. The van der Waals surface area contributed by atoms with Crippen molar-refractivity contribution in [1.29, 1.82) is 0 Å². The second-order valence-electron chi connectivity index (χ2n) is 7.50. The monoisotopic (exact) mass is 450 g/mol. The van der Waals surface area contributed by atoms with Gasteiger partial charge in [-0.15, -0.1) is 0 Å². The normalized spacial score (nSPS) is 12.2. The van der Waals surface area contributed by atoms with Crippen molar-refractivity contribution >= 4 is 23.5 Å². The molecule has 1 aliphatic rings. The second kappa shape index (κ2) is 9.37. The van der Waals surface area contributed by atoms with Gasteiger partial charge < -0.3 is 18.9 Å². The minimum Gasteiger partial charge on any atom is -0.496 e. The SMILES string of the molecule is COc1ccc(/C=C/C(=O)c2ccc3c(c2)OCO3)cc1COc1cc(C)c(Cl)c(C)c1. The van der Waals surface area contributed by atoms with E-state index in [-0.39, 0.29) is 12.6 Å². The molecule has 0 radical (unpaired) electrons. The van der Waals surface area contributed by atoms with E-state index in [1.165, 1.54) is 6.08 Å². The summed E-state index contributed by atoms with van der Waals surface area (Å²) in [4.78, 5) is 12.6. The molecule has 0 atom stereocenters. The maximum absolute atomic E-state index is 12.6. The van der Waals surface area contributed by atoms with E-state index in [0.717, 1.165) is 33.0 Å². The highest BCUT2D eigenvalue weighted by Crippen LogP contribution is 2.33. The number of allylic oxidation sites excluding steroid dienone is 1. The van der Waals surface area contributed by atoms with Gasteiger partial charge in [-0.2, -0.15) is 0 Å². The lowest BCUT2D eigenvalue weighted by molar-refractivity contribution is 0.104. The molecule has 0 saturated heterocycles. The number of halogens is 1. The fourth-order valence-electron chi connectivity index (χ4n) is 3.48. The molecule has 6 heteroatoms. The van der Waals surface area contributed by atoms with Crippen LogP contribution < -0.4 is 18.9 Å². The smallest absolute Gasteiger partial charge is 0.231 e. The van der Waals surface area contributed by atoms with E-state index in [1.54, 1.807) is 31.4 Å². The number of aryl methyl sites for hydroxylation is 2. The van der Waals surface area contributed by atoms with Gasteiger partial charge in [0, 0.05) is 16.1 Å². The number of hydrogen-bond donors (Lipinski definition) is 0. The standard InChI is InChI=1S/C26H23ClO5/c1-16-10-21(11-17(2)26(16)27)30-14-20-12-18(5-8-23(20)29-3)4-7-22(28)19-6-9-24-25(13-19)32-15-31-24/h4-13H,14-15H2,1-3H3/b7-4+. The van der Waals surface area contributed by atoms with Gasteiger partial charge in [-0.1, -0.05) is 23.7 Å². The van der Waals surface area contributed by atoms with Crippen LogP contribution in [0.2, 0.25) is 5.02 Å². The highest BCUT2D eigenvalue weighted by atomic mass is 35.5. The zero-order valence-electron chi connectivity index (χ0n) is 18.1. The fourth-order valence-corrected chi connectivity index (χ4v) is 3.59. The van der Waals surface area contributed by atoms with Crippen molar-refractivity contribution < 1.29 is 23.7 Å². The Bertz CT molecular complexity index is 1180. The molecular weight excluding hydrogens is 428 g/mol. The lowest BCUT2D eigenvalue weighted by Crippen LogP contribution is -2.00. The summed E-state index contributed by atoms with van der Waals surface area (Å²) in [6.45, 7) is 4.40. The van der Waals surface area contributed by atoms with Crippen LogP contribution >= 0.6 is 11.6 Å². The predicted octanol–water partition coefficient (Wildman–Crippen LogP) is 6.17. The Morgan fingerprint density at radius 1 is 1.03 bits per heavy atom. The van der Waals surface area contributed by atoms with E-state index in [0.29, 0.717) is 29.4 Å². The summed E-state index contributed by atoms with van der Waals surface area (Å²) in [6.07, 6.45) is 3.31. The lowest BCUT2D eigenvalue weighted by atomic mass is 10.1. The van der Waals surface area contributed by atoms with Crippen molar-refractivity contribution in [3.8, 4) is 23.0 Å². The van der Waals surface area contributed by atoms with E-state index >= 15 is 0 Å². The first-order valence-corrected chi connectivity index (χ1v) is 10.5. The lowest BCUT2D eigenvalue weighted by Gasteiger charge is -2.13. The van der Waals surface area contributed by atoms with Gasteiger partial charge in [0.25, 0.3) is 0 Å². The molecule has 1 heterocycles. The van der Waals surface area contributed by atoms with Crippen molar-refractivity contribution in [3.63, 3.8) is 0 Å². The zero-order chi connectivity index (χ0) is 22.7. The summed E-state index contributed by atoms with van der Waals surface area (Å²) < 4.78 is 22.1. The molecule has 3 aromatic carbocycles. The quantitative estimate of drug-likeness (QED) is 0.318. The van der Waals surface area contributed by atoms with Crippen LogP contribution in [0.4, 0.5) is 0 Å². The Labute approximate surface area is 192 Å². The number of carbonyl (C=O) groups is 1. The number of methoxy groups -OCH3 is 1. The Morgan fingerprint density at radius 3 is 2.53 bits per heavy atom. The average Bonchev–Trinajstić information content (AvgIpc) is 3.27. The number of hydrogen-bond acceptors (Lipinski definition) is 5. The molecule has 4 rings (SSSR count). The van der Waals surface area contributed by atoms with E-state index in [2.05, 4.69) is 0 Å². The molecule has 0 unspecified atom stereocenters. The van der Waals surface area contributed by atoms with Gasteiger partial charge in [0.2, 0.25) is 6.79 Å². The minimum atomic E-state index is -0.121. The van der Waals surface area contributed by atoms with E-state index in [1.807, 2.05) is 44.2 Å². The molecule has 0 spiro atoms. The molecule has 0 N–H and O–H groups in total. The van der Waals surface area contributed by atoms with Gasteiger partial charge in [0.1, 0.15) is 18.1 Å². The maximum atomic E-state index is 12.6. The number of benzene rings is 3. The van der Waals surface area contributed by atoms with Gasteiger partial charge in [-0.05, 0) is 79.1 Å². The topological polar surface area (TPSA) is 54.0 Å². The molecule has 164 valence electrons. The molecule has 0 aliphatic carbocycles. The summed E-state index contributed by atoms with van der Waals surface area (Å²) >= 11 is 6.24. The predicted molar refractivity (Wildman–Crippen MR) is 124 cm³/mol. The fraction of sp³-hybridized carbons (Fsp3) is 0.192. The zero-order valence-corrected chi connectivity index (χ0v) is 18.9. The highest BCUT2D eigenvalue weighted by molar-refractivity contribution is 6.32. The largest absolute Gasteiger partial charge is 0.496 e. The van der Waals surface area contributed by atoms with Gasteiger partial charge >= 0.3 is 0 Å². The van der Waals surface area contributed by atoms with Gasteiger partial charge in [0.05, 0.1) is 7.11 Å². The average molecular weight is 451 g/mol. The maximum Gasteiger partial charge on any atom is 0.231 e. The van der Waals surface area contributed by atoms with Crippen LogP contribution in [-0.4, -0.2) is 19.7 Å². The van der Waals surface area contributed by atoms with Crippen molar-refractivity contribution in [2.75, 3.05) is 13.9 Å².